The molecule has 0 spiro atoms. The van der Waals surface area contributed by atoms with E-state index >= 15 is 0 Å². The number of carbonyl (C=O) groups excluding carboxylic acids is 1. The van der Waals surface area contributed by atoms with Crippen LogP contribution in [0.3, 0.4) is 0 Å². The number of hydrogen-bond donors (Lipinski definition) is 2. The highest BCUT2D eigenvalue weighted by molar-refractivity contribution is 14.0. The molecule has 8 nitrogen and oxygen atoms in total. The molecule has 2 N–H and O–H groups in total. The first-order valence-corrected chi connectivity index (χ1v) is 11.4. The van der Waals surface area contributed by atoms with Crippen LogP contribution in [0.15, 0.2) is 4.99 Å². The fraction of sp³-hybridized carbons (Fsp3) is 0.905. The van der Waals surface area contributed by atoms with Crippen LogP contribution in [0.5, 0.6) is 0 Å². The Morgan fingerprint density at radius 3 is 2.37 bits per heavy atom. The minimum atomic E-state index is 0. The highest BCUT2D eigenvalue weighted by Crippen LogP contribution is 2.19. The Morgan fingerprint density at radius 2 is 1.73 bits per heavy atom. The van der Waals surface area contributed by atoms with Gasteiger partial charge in [-0.05, 0) is 19.8 Å². The average molecular weight is 540 g/mol. The Bertz CT molecular complexity index is 479. The molecule has 2 aliphatic rings. The van der Waals surface area contributed by atoms with Crippen LogP contribution in [0.4, 0.5) is 0 Å². The second-order valence-electron chi connectivity index (χ2n) is 7.83. The largest absolute Gasteiger partial charge is 0.383 e. The molecule has 0 aromatic carbocycles. The normalized spacial score (nSPS) is 19.1. The topological polar surface area (TPSA) is 78.4 Å². The van der Waals surface area contributed by atoms with Crippen LogP contribution in [-0.4, -0.2) is 100 Å². The summed E-state index contributed by atoms with van der Waals surface area (Å²) in [5.74, 6) is 1.02. The van der Waals surface area contributed by atoms with Crippen molar-refractivity contribution in [2.75, 3.05) is 72.7 Å². The Morgan fingerprint density at radius 1 is 1.03 bits per heavy atom. The number of carbonyl (C=O) groups is 1. The number of ether oxygens (including phenoxy) is 2. The summed E-state index contributed by atoms with van der Waals surface area (Å²) in [4.78, 5) is 21.2. The van der Waals surface area contributed by atoms with Crippen molar-refractivity contribution >= 4 is 35.8 Å². The molecule has 0 aromatic rings. The smallest absolute Gasteiger partial charge is 0.234 e. The molecule has 0 atom stereocenters. The van der Waals surface area contributed by atoms with Crippen molar-refractivity contribution in [3.63, 3.8) is 0 Å². The first kappa shape index (κ1) is 27.4. The van der Waals surface area contributed by atoms with Gasteiger partial charge in [0, 0.05) is 46.4 Å². The van der Waals surface area contributed by atoms with Crippen LogP contribution in [0.25, 0.3) is 0 Å². The van der Waals surface area contributed by atoms with Gasteiger partial charge in [-0.2, -0.15) is 0 Å². The van der Waals surface area contributed by atoms with Crippen molar-refractivity contribution in [1.29, 1.82) is 0 Å². The minimum Gasteiger partial charge on any atom is -0.383 e. The summed E-state index contributed by atoms with van der Waals surface area (Å²) in [5.41, 5.74) is 0. The van der Waals surface area contributed by atoms with Gasteiger partial charge in [-0.3, -0.25) is 14.7 Å². The molecule has 0 aromatic heterocycles. The molecule has 0 unspecified atom stereocenters. The average Bonchev–Trinajstić information content (AvgIpc) is 3.00. The van der Waals surface area contributed by atoms with Crippen molar-refractivity contribution < 1.29 is 14.3 Å². The highest BCUT2D eigenvalue weighted by atomic mass is 127. The van der Waals surface area contributed by atoms with E-state index < -0.39 is 0 Å². The van der Waals surface area contributed by atoms with Crippen molar-refractivity contribution in [3.05, 3.63) is 0 Å². The standard InChI is InChI=1S/C21H41N5O3.HI/c1-3-22-21(24-11-17-29-19-8-6-4-5-7-9-19)26-14-12-25(13-15-26)18-20(27)23-10-16-28-2;/h19H,3-18H2,1-2H3,(H,22,24)(H,23,27);1H. The van der Waals surface area contributed by atoms with Crippen molar-refractivity contribution in [2.45, 2.75) is 51.6 Å². The molecule has 1 saturated heterocycles. The fourth-order valence-corrected chi connectivity index (χ4v) is 3.87. The van der Waals surface area contributed by atoms with Crippen LogP contribution in [0.2, 0.25) is 0 Å². The third kappa shape index (κ3) is 11.1. The number of guanidine groups is 1. The van der Waals surface area contributed by atoms with Gasteiger partial charge in [0.25, 0.3) is 0 Å². The van der Waals surface area contributed by atoms with Crippen LogP contribution in [0.1, 0.15) is 45.4 Å². The maximum atomic E-state index is 12.0. The third-order valence-corrected chi connectivity index (χ3v) is 5.51. The SMILES string of the molecule is CCNC(=NCCOC1CCCCCC1)N1CCN(CC(=O)NCCOC)CC1.I. The van der Waals surface area contributed by atoms with E-state index in [-0.39, 0.29) is 29.9 Å². The van der Waals surface area contributed by atoms with Crippen molar-refractivity contribution in [3.8, 4) is 0 Å². The van der Waals surface area contributed by atoms with Crippen LogP contribution >= 0.6 is 24.0 Å². The maximum Gasteiger partial charge on any atom is 0.234 e. The van der Waals surface area contributed by atoms with Gasteiger partial charge in [0.15, 0.2) is 5.96 Å². The lowest BCUT2D eigenvalue weighted by atomic mass is 10.1. The summed E-state index contributed by atoms with van der Waals surface area (Å²) >= 11 is 0. The molecule has 1 saturated carbocycles. The number of piperazine rings is 1. The summed E-state index contributed by atoms with van der Waals surface area (Å²) < 4.78 is 11.0. The van der Waals surface area contributed by atoms with Crippen LogP contribution in [0, 0.1) is 0 Å². The quantitative estimate of drug-likeness (QED) is 0.145. The summed E-state index contributed by atoms with van der Waals surface area (Å²) in [6, 6.07) is 0. The molecular formula is C21H42IN5O3. The zero-order valence-electron chi connectivity index (χ0n) is 18.9. The Labute approximate surface area is 199 Å². The van der Waals surface area contributed by atoms with E-state index in [4.69, 9.17) is 14.5 Å². The number of rotatable bonds is 10. The maximum absolute atomic E-state index is 12.0. The summed E-state index contributed by atoms with van der Waals surface area (Å²) in [6.07, 6.45) is 8.12. The molecule has 2 rings (SSSR count). The molecule has 1 heterocycles. The molecular weight excluding hydrogens is 497 g/mol. The lowest BCUT2D eigenvalue weighted by Gasteiger charge is -2.36. The van der Waals surface area contributed by atoms with Crippen LogP contribution in [-0.2, 0) is 14.3 Å². The first-order chi connectivity index (χ1) is 14.2. The van der Waals surface area contributed by atoms with Gasteiger partial charge in [-0.1, -0.05) is 25.7 Å². The monoisotopic (exact) mass is 539 g/mol. The van der Waals surface area contributed by atoms with Gasteiger partial charge in [0.2, 0.25) is 5.91 Å². The number of hydrogen-bond acceptors (Lipinski definition) is 5. The number of nitrogens with zero attached hydrogens (tertiary/aromatic N) is 3. The molecule has 1 aliphatic carbocycles. The molecule has 176 valence electrons. The summed E-state index contributed by atoms with van der Waals surface area (Å²) in [7, 11) is 1.64. The second kappa shape index (κ2) is 17.0. The minimum absolute atomic E-state index is 0. The molecule has 1 amide bonds. The predicted octanol–water partition coefficient (Wildman–Crippen LogP) is 1.69. The van der Waals surface area contributed by atoms with E-state index in [1.165, 1.54) is 38.5 Å². The number of halogens is 1. The Balaban J connectivity index is 0.00000450. The van der Waals surface area contributed by atoms with Crippen LogP contribution < -0.4 is 10.6 Å². The van der Waals surface area contributed by atoms with E-state index in [0.717, 1.165) is 38.7 Å². The van der Waals surface area contributed by atoms with Gasteiger partial charge in [-0.25, -0.2) is 0 Å². The lowest BCUT2D eigenvalue weighted by molar-refractivity contribution is -0.122. The summed E-state index contributed by atoms with van der Waals surface area (Å²) in [5, 5.41) is 6.28. The zero-order chi connectivity index (χ0) is 20.7. The lowest BCUT2D eigenvalue weighted by Crippen LogP contribution is -2.54. The van der Waals surface area contributed by atoms with E-state index in [1.807, 2.05) is 0 Å². The second-order valence-corrected chi connectivity index (χ2v) is 7.83. The zero-order valence-corrected chi connectivity index (χ0v) is 21.2. The predicted molar refractivity (Wildman–Crippen MR) is 132 cm³/mol. The van der Waals surface area contributed by atoms with E-state index in [0.29, 0.717) is 39.0 Å². The molecule has 0 radical (unpaired) electrons. The molecule has 9 heteroatoms. The first-order valence-electron chi connectivity index (χ1n) is 11.4. The number of methoxy groups -OCH3 is 1. The van der Waals surface area contributed by atoms with E-state index in [2.05, 4.69) is 27.4 Å². The van der Waals surface area contributed by atoms with Gasteiger partial charge < -0.3 is 25.0 Å². The molecule has 30 heavy (non-hydrogen) atoms. The van der Waals surface area contributed by atoms with Gasteiger partial charge in [0.05, 0.1) is 32.4 Å². The Hall–Kier alpha value is -0.650. The van der Waals surface area contributed by atoms with Gasteiger partial charge in [-0.15, -0.1) is 24.0 Å². The highest BCUT2D eigenvalue weighted by Gasteiger charge is 2.21. The van der Waals surface area contributed by atoms with Gasteiger partial charge in [0.1, 0.15) is 0 Å². The summed E-state index contributed by atoms with van der Waals surface area (Å²) in [6.45, 7) is 9.37. The number of aliphatic imine (C=N–C) groups is 1. The van der Waals surface area contributed by atoms with Crippen molar-refractivity contribution in [1.82, 2.24) is 20.4 Å². The van der Waals surface area contributed by atoms with E-state index in [1.54, 1.807) is 7.11 Å². The van der Waals surface area contributed by atoms with Crippen molar-refractivity contribution in [2.24, 2.45) is 4.99 Å². The molecule has 0 bridgehead atoms. The van der Waals surface area contributed by atoms with Gasteiger partial charge >= 0.3 is 0 Å². The third-order valence-electron chi connectivity index (χ3n) is 5.51. The fourth-order valence-electron chi connectivity index (χ4n) is 3.87. The molecule has 2 fully saturated rings. The molecule has 1 aliphatic heterocycles. The van der Waals surface area contributed by atoms with E-state index in [9.17, 15) is 4.79 Å². The number of amides is 1. The Kier molecular flexibility index (Phi) is 15.5. The number of nitrogens with one attached hydrogen (secondary N) is 2.